The number of nitrogens with zero attached hydrogens (tertiary/aromatic N) is 1. The number of halogens is 1. The fraction of sp³-hybridized carbons (Fsp3) is 0.263. The molecule has 0 aliphatic rings. The van der Waals surface area contributed by atoms with Gasteiger partial charge in [-0.3, -0.25) is 4.79 Å². The molecule has 2 rings (SSSR count). The number of hydrogen-bond acceptors (Lipinski definition) is 4. The van der Waals surface area contributed by atoms with Crippen LogP contribution in [0.3, 0.4) is 0 Å². The summed E-state index contributed by atoms with van der Waals surface area (Å²) in [5.41, 5.74) is -0.354. The summed E-state index contributed by atoms with van der Waals surface area (Å²) in [6.07, 6.45) is 7.58. The number of carbonyl (C=O) groups is 1. The Morgan fingerprint density at radius 3 is 2.84 bits per heavy atom. The number of anilines is 2. The lowest BCUT2D eigenvalue weighted by Crippen LogP contribution is -2.44. The molecule has 2 N–H and O–H groups in total. The molecule has 25 heavy (non-hydrogen) atoms. The molecule has 5 nitrogen and oxygen atoms in total. The summed E-state index contributed by atoms with van der Waals surface area (Å²) in [5, 5.41) is 5.64. The Morgan fingerprint density at radius 1 is 1.44 bits per heavy atom. The Balaban J connectivity index is 2.33. The summed E-state index contributed by atoms with van der Waals surface area (Å²) in [7, 11) is 1.49. The van der Waals surface area contributed by atoms with E-state index in [-0.39, 0.29) is 23.0 Å². The van der Waals surface area contributed by atoms with Gasteiger partial charge in [-0.25, -0.2) is 9.37 Å². The van der Waals surface area contributed by atoms with E-state index in [0.717, 1.165) is 0 Å². The molecule has 0 fully saturated rings. The highest BCUT2D eigenvalue weighted by Crippen LogP contribution is 2.25. The lowest BCUT2D eigenvalue weighted by molar-refractivity contribution is 0.0924. The molecule has 0 saturated carbocycles. The van der Waals surface area contributed by atoms with Crippen molar-refractivity contribution >= 4 is 17.4 Å². The standard InChI is InChI=1S/C19H20FN3O2/c1-5-19(3,6-2)23-18(24)14-8-7-11-21-17(14)22-16-12-13(25-4)9-10-15(16)20/h1,7-12H,6H2,2-4H3,(H,21,22)(H,23,24)/t19-/m1/s1. The summed E-state index contributed by atoms with van der Waals surface area (Å²) in [5.74, 6) is 2.41. The van der Waals surface area contributed by atoms with E-state index in [1.165, 1.54) is 31.5 Å². The van der Waals surface area contributed by atoms with E-state index >= 15 is 0 Å². The molecule has 6 heteroatoms. The van der Waals surface area contributed by atoms with Crippen LogP contribution in [-0.4, -0.2) is 23.5 Å². The maximum absolute atomic E-state index is 14.0. The van der Waals surface area contributed by atoms with Crippen LogP contribution in [0.15, 0.2) is 36.5 Å². The van der Waals surface area contributed by atoms with Crippen LogP contribution in [0.5, 0.6) is 5.75 Å². The molecular formula is C19H20FN3O2. The van der Waals surface area contributed by atoms with E-state index < -0.39 is 11.4 Å². The number of aromatic nitrogens is 1. The van der Waals surface area contributed by atoms with Crippen LogP contribution in [0.4, 0.5) is 15.9 Å². The van der Waals surface area contributed by atoms with Crippen molar-refractivity contribution in [1.82, 2.24) is 10.3 Å². The number of pyridine rings is 1. The Labute approximate surface area is 146 Å². The Morgan fingerprint density at radius 2 is 2.20 bits per heavy atom. The monoisotopic (exact) mass is 341 g/mol. The van der Waals surface area contributed by atoms with Crippen molar-refractivity contribution < 1.29 is 13.9 Å². The lowest BCUT2D eigenvalue weighted by Gasteiger charge is -2.24. The summed E-state index contributed by atoms with van der Waals surface area (Å²) in [6.45, 7) is 3.64. The van der Waals surface area contributed by atoms with E-state index in [0.29, 0.717) is 12.2 Å². The first-order chi connectivity index (χ1) is 11.9. The van der Waals surface area contributed by atoms with E-state index in [4.69, 9.17) is 11.2 Å². The molecule has 2 aromatic rings. The first kappa shape index (κ1) is 18.3. The van der Waals surface area contributed by atoms with Gasteiger partial charge in [-0.2, -0.15) is 0 Å². The first-order valence-corrected chi connectivity index (χ1v) is 7.78. The third-order valence-electron chi connectivity index (χ3n) is 3.89. The van der Waals surface area contributed by atoms with Crippen LogP contribution in [0.25, 0.3) is 0 Å². The maximum Gasteiger partial charge on any atom is 0.256 e. The molecule has 1 aromatic carbocycles. The summed E-state index contributed by atoms with van der Waals surface area (Å²) in [6, 6.07) is 7.49. The fourth-order valence-corrected chi connectivity index (χ4v) is 2.09. The van der Waals surface area contributed by atoms with Gasteiger partial charge in [-0.15, -0.1) is 6.42 Å². The second-order valence-corrected chi connectivity index (χ2v) is 5.65. The van der Waals surface area contributed by atoms with Crippen molar-refractivity contribution in [2.75, 3.05) is 12.4 Å². The molecule has 0 radical (unpaired) electrons. The van der Waals surface area contributed by atoms with Crippen molar-refractivity contribution in [1.29, 1.82) is 0 Å². The minimum absolute atomic E-state index is 0.155. The molecule has 130 valence electrons. The predicted molar refractivity (Wildman–Crippen MR) is 95.5 cm³/mol. The quantitative estimate of drug-likeness (QED) is 0.790. The van der Waals surface area contributed by atoms with Crippen LogP contribution in [0, 0.1) is 18.2 Å². The molecule has 0 aliphatic heterocycles. The SMILES string of the molecule is C#C[C@](C)(CC)NC(=O)c1cccnc1Nc1cc(OC)ccc1F. The van der Waals surface area contributed by atoms with Crippen molar-refractivity contribution in [3.05, 3.63) is 47.9 Å². The van der Waals surface area contributed by atoms with Crippen LogP contribution in [0.1, 0.15) is 30.6 Å². The Kier molecular flexibility index (Phi) is 5.60. The van der Waals surface area contributed by atoms with E-state index in [1.807, 2.05) is 6.92 Å². The van der Waals surface area contributed by atoms with Crippen molar-refractivity contribution in [2.45, 2.75) is 25.8 Å². The van der Waals surface area contributed by atoms with E-state index in [1.54, 1.807) is 19.1 Å². The van der Waals surface area contributed by atoms with Gasteiger partial charge in [-0.05, 0) is 37.6 Å². The molecule has 1 aromatic heterocycles. The van der Waals surface area contributed by atoms with Gasteiger partial charge in [0.2, 0.25) is 0 Å². The average Bonchev–Trinajstić information content (AvgIpc) is 2.63. The zero-order valence-corrected chi connectivity index (χ0v) is 14.4. The van der Waals surface area contributed by atoms with Crippen molar-refractivity contribution in [3.8, 4) is 18.1 Å². The number of amides is 1. The summed E-state index contributed by atoms with van der Waals surface area (Å²) in [4.78, 5) is 16.7. The molecule has 1 atom stereocenters. The topological polar surface area (TPSA) is 63.2 Å². The normalized spacial score (nSPS) is 12.6. The smallest absolute Gasteiger partial charge is 0.256 e. The highest BCUT2D eigenvalue weighted by Gasteiger charge is 2.24. The third-order valence-corrected chi connectivity index (χ3v) is 3.89. The highest BCUT2D eigenvalue weighted by atomic mass is 19.1. The van der Waals surface area contributed by atoms with Crippen LogP contribution < -0.4 is 15.4 Å². The maximum atomic E-state index is 14.0. The summed E-state index contributed by atoms with van der Waals surface area (Å²) >= 11 is 0. The lowest BCUT2D eigenvalue weighted by atomic mass is 9.99. The second kappa shape index (κ2) is 7.67. The number of rotatable bonds is 6. The minimum Gasteiger partial charge on any atom is -0.497 e. The predicted octanol–water partition coefficient (Wildman–Crippen LogP) is 3.50. The highest BCUT2D eigenvalue weighted by molar-refractivity contribution is 6.00. The number of benzene rings is 1. The second-order valence-electron chi connectivity index (χ2n) is 5.65. The van der Waals surface area contributed by atoms with Gasteiger partial charge in [0.25, 0.3) is 5.91 Å². The molecule has 0 bridgehead atoms. The number of carbonyl (C=O) groups excluding carboxylic acids is 1. The van der Waals surface area contributed by atoms with Gasteiger partial charge in [0.05, 0.1) is 23.9 Å². The third kappa shape index (κ3) is 4.27. The van der Waals surface area contributed by atoms with Gasteiger partial charge >= 0.3 is 0 Å². The van der Waals surface area contributed by atoms with E-state index in [9.17, 15) is 9.18 Å². The van der Waals surface area contributed by atoms with E-state index in [2.05, 4.69) is 21.5 Å². The zero-order valence-electron chi connectivity index (χ0n) is 14.4. The van der Waals surface area contributed by atoms with Gasteiger partial charge < -0.3 is 15.4 Å². The van der Waals surface area contributed by atoms with Gasteiger partial charge in [0.1, 0.15) is 17.4 Å². The van der Waals surface area contributed by atoms with Crippen molar-refractivity contribution in [3.63, 3.8) is 0 Å². The fourth-order valence-electron chi connectivity index (χ4n) is 2.09. The molecule has 0 spiro atoms. The van der Waals surface area contributed by atoms with Gasteiger partial charge in [0.15, 0.2) is 0 Å². The Bertz CT molecular complexity index is 817. The number of hydrogen-bond donors (Lipinski definition) is 2. The first-order valence-electron chi connectivity index (χ1n) is 7.78. The molecule has 0 saturated heterocycles. The van der Waals surface area contributed by atoms with Crippen LogP contribution >= 0.6 is 0 Å². The Hall–Kier alpha value is -3.07. The number of ether oxygens (including phenoxy) is 1. The van der Waals surface area contributed by atoms with Gasteiger partial charge in [0, 0.05) is 12.3 Å². The largest absolute Gasteiger partial charge is 0.497 e. The molecule has 0 unspecified atom stereocenters. The number of terminal acetylenes is 1. The van der Waals surface area contributed by atoms with Crippen molar-refractivity contribution in [2.24, 2.45) is 0 Å². The minimum atomic E-state index is -0.772. The molecular weight excluding hydrogens is 321 g/mol. The molecule has 1 heterocycles. The van der Waals surface area contributed by atoms with Crippen LogP contribution in [0.2, 0.25) is 0 Å². The average molecular weight is 341 g/mol. The van der Waals surface area contributed by atoms with Crippen LogP contribution in [-0.2, 0) is 0 Å². The summed E-state index contributed by atoms with van der Waals surface area (Å²) < 4.78 is 19.1. The molecule has 0 aliphatic carbocycles. The number of nitrogens with one attached hydrogen (secondary N) is 2. The molecule has 1 amide bonds. The number of methoxy groups -OCH3 is 1. The van der Waals surface area contributed by atoms with Gasteiger partial charge in [-0.1, -0.05) is 12.8 Å². The zero-order chi connectivity index (χ0) is 18.4.